The summed E-state index contributed by atoms with van der Waals surface area (Å²) < 4.78 is 10.7. The normalized spacial score (nSPS) is 13.3. The Kier molecular flexibility index (Phi) is 6.01. The zero-order valence-electron chi connectivity index (χ0n) is 12.6. The lowest BCUT2D eigenvalue weighted by Crippen LogP contribution is -2.44. The molecule has 0 radical (unpaired) electrons. The molecule has 0 spiro atoms. The van der Waals surface area contributed by atoms with Crippen LogP contribution < -0.4 is 5.32 Å². The summed E-state index contributed by atoms with van der Waals surface area (Å²) in [5, 5.41) is 2.70. The Morgan fingerprint density at radius 1 is 1.11 bits per heavy atom. The molecule has 4 nitrogen and oxygen atoms in total. The number of hydrogen-bond donors (Lipinski definition) is 2. The van der Waals surface area contributed by atoms with Crippen molar-refractivity contribution in [2.45, 2.75) is 64.4 Å². The Hall–Kier alpha value is -0.420. The summed E-state index contributed by atoms with van der Waals surface area (Å²) in [6.45, 7) is 14.2. The van der Waals surface area contributed by atoms with Gasteiger partial charge in [0, 0.05) is 11.3 Å². The van der Waals surface area contributed by atoms with Gasteiger partial charge in [-0.15, -0.1) is 0 Å². The van der Waals surface area contributed by atoms with Crippen LogP contribution >= 0.6 is 12.6 Å². The second-order valence-electron chi connectivity index (χ2n) is 6.72. The van der Waals surface area contributed by atoms with Crippen LogP contribution in [-0.4, -0.2) is 35.2 Å². The van der Waals surface area contributed by atoms with E-state index in [1.54, 1.807) is 0 Å². The fourth-order valence-electron chi connectivity index (χ4n) is 1.02. The molecule has 0 rings (SSSR count). The smallest absolute Gasteiger partial charge is 0.407 e. The second kappa shape index (κ2) is 6.15. The van der Waals surface area contributed by atoms with Gasteiger partial charge in [0.25, 0.3) is 0 Å². The largest absolute Gasteiger partial charge is 0.444 e. The number of carbonyl (C=O) groups excluding carboxylic acids is 1. The fourth-order valence-corrected chi connectivity index (χ4v) is 1.09. The summed E-state index contributed by atoms with van der Waals surface area (Å²) in [5.41, 5.74) is -0.931. The molecule has 0 aliphatic heterocycles. The van der Waals surface area contributed by atoms with E-state index in [0.29, 0.717) is 13.2 Å². The minimum atomic E-state index is -0.484. The lowest BCUT2D eigenvalue weighted by Gasteiger charge is -2.30. The molecular formula is C13H27NO3S. The average Bonchev–Trinajstić information content (AvgIpc) is 2.08. The van der Waals surface area contributed by atoms with Gasteiger partial charge in [-0.1, -0.05) is 0 Å². The number of thiol groups is 1. The van der Waals surface area contributed by atoms with Crippen LogP contribution in [0.2, 0.25) is 0 Å². The predicted octanol–water partition coefficient (Wildman–Crippen LogP) is 3.01. The van der Waals surface area contributed by atoms with E-state index in [2.05, 4.69) is 17.9 Å². The van der Waals surface area contributed by atoms with E-state index in [0.717, 1.165) is 0 Å². The van der Waals surface area contributed by atoms with Crippen LogP contribution in [0, 0.1) is 0 Å². The Balaban J connectivity index is 4.07. The molecule has 5 heteroatoms. The van der Waals surface area contributed by atoms with Crippen molar-refractivity contribution in [3.05, 3.63) is 0 Å². The maximum Gasteiger partial charge on any atom is 0.407 e. The van der Waals surface area contributed by atoms with Crippen molar-refractivity contribution in [1.29, 1.82) is 0 Å². The highest BCUT2D eigenvalue weighted by molar-refractivity contribution is 7.81. The molecule has 1 amide bonds. The SMILES string of the molecule is CC(C)(S)COC(C)(C)CNC(=O)OC(C)(C)C. The molecule has 1 N–H and O–H groups in total. The van der Waals surface area contributed by atoms with Crippen LogP contribution in [0.5, 0.6) is 0 Å². The summed E-state index contributed by atoms with van der Waals surface area (Å²) in [4.78, 5) is 11.5. The molecule has 0 saturated carbocycles. The van der Waals surface area contributed by atoms with E-state index in [-0.39, 0.29) is 4.75 Å². The van der Waals surface area contributed by atoms with Gasteiger partial charge < -0.3 is 14.8 Å². The number of alkyl carbamates (subject to hydrolysis) is 1. The quantitative estimate of drug-likeness (QED) is 0.759. The topological polar surface area (TPSA) is 47.6 Å². The number of rotatable bonds is 5. The van der Waals surface area contributed by atoms with Crippen molar-refractivity contribution < 1.29 is 14.3 Å². The Morgan fingerprint density at radius 3 is 2.00 bits per heavy atom. The summed E-state index contributed by atoms with van der Waals surface area (Å²) in [6, 6.07) is 0. The van der Waals surface area contributed by atoms with Gasteiger partial charge in [-0.2, -0.15) is 12.6 Å². The first-order chi connectivity index (χ1) is 7.81. The Labute approximate surface area is 116 Å². The molecule has 18 heavy (non-hydrogen) atoms. The van der Waals surface area contributed by atoms with Gasteiger partial charge in [0.05, 0.1) is 12.2 Å². The molecule has 0 bridgehead atoms. The van der Waals surface area contributed by atoms with E-state index in [4.69, 9.17) is 9.47 Å². The third-order valence-electron chi connectivity index (χ3n) is 1.87. The molecule has 0 heterocycles. The molecule has 0 aliphatic carbocycles. The highest BCUT2D eigenvalue weighted by atomic mass is 32.1. The summed E-state index contributed by atoms with van der Waals surface area (Å²) in [6.07, 6.45) is -0.427. The zero-order valence-corrected chi connectivity index (χ0v) is 13.5. The first kappa shape index (κ1) is 17.6. The lowest BCUT2D eigenvalue weighted by atomic mass is 10.1. The highest BCUT2D eigenvalue weighted by Crippen LogP contribution is 2.17. The van der Waals surface area contributed by atoms with Gasteiger partial charge in [0.1, 0.15) is 5.60 Å². The number of carbonyl (C=O) groups is 1. The number of nitrogens with one attached hydrogen (secondary N) is 1. The number of ether oxygens (including phenoxy) is 2. The predicted molar refractivity (Wildman–Crippen MR) is 77.3 cm³/mol. The number of hydrogen-bond acceptors (Lipinski definition) is 4. The molecular weight excluding hydrogens is 250 g/mol. The molecule has 108 valence electrons. The molecule has 0 saturated heterocycles. The summed E-state index contributed by atoms with van der Waals surface area (Å²) in [5.74, 6) is 0. The third kappa shape index (κ3) is 10.7. The third-order valence-corrected chi connectivity index (χ3v) is 2.00. The van der Waals surface area contributed by atoms with Crippen LogP contribution in [0.4, 0.5) is 4.79 Å². The first-order valence-corrected chi connectivity index (χ1v) is 6.59. The minimum Gasteiger partial charge on any atom is -0.444 e. The van der Waals surface area contributed by atoms with Crippen molar-refractivity contribution in [2.75, 3.05) is 13.2 Å². The standard InChI is InChI=1S/C13H27NO3S/c1-11(2,3)17-10(15)14-8-12(4,5)16-9-13(6,7)18/h18H,8-9H2,1-7H3,(H,14,15). The maximum absolute atomic E-state index is 11.5. The second-order valence-corrected chi connectivity index (χ2v) is 7.93. The minimum absolute atomic E-state index is 0.191. The zero-order chi connectivity index (χ0) is 14.6. The molecule has 0 fully saturated rings. The molecule has 0 aromatic heterocycles. The molecule has 0 aliphatic rings. The molecule has 0 aromatic rings. The van der Waals surface area contributed by atoms with Gasteiger partial charge in [0.15, 0.2) is 0 Å². The summed E-state index contributed by atoms with van der Waals surface area (Å²) in [7, 11) is 0. The van der Waals surface area contributed by atoms with Crippen LogP contribution in [0.1, 0.15) is 48.5 Å². The van der Waals surface area contributed by atoms with Gasteiger partial charge in [0.2, 0.25) is 0 Å². The summed E-state index contributed by atoms with van der Waals surface area (Å²) >= 11 is 4.39. The van der Waals surface area contributed by atoms with Crippen molar-refractivity contribution in [1.82, 2.24) is 5.32 Å². The average molecular weight is 277 g/mol. The van der Waals surface area contributed by atoms with Crippen LogP contribution in [-0.2, 0) is 9.47 Å². The van der Waals surface area contributed by atoms with Crippen LogP contribution in [0.25, 0.3) is 0 Å². The first-order valence-electron chi connectivity index (χ1n) is 6.14. The van der Waals surface area contributed by atoms with Crippen molar-refractivity contribution in [2.24, 2.45) is 0 Å². The van der Waals surface area contributed by atoms with E-state index in [1.165, 1.54) is 0 Å². The lowest BCUT2D eigenvalue weighted by molar-refractivity contribution is -0.0259. The van der Waals surface area contributed by atoms with Crippen molar-refractivity contribution in [3.8, 4) is 0 Å². The fraction of sp³-hybridized carbons (Fsp3) is 0.923. The monoisotopic (exact) mass is 277 g/mol. The molecule has 0 aromatic carbocycles. The van der Waals surface area contributed by atoms with Crippen LogP contribution in [0.3, 0.4) is 0 Å². The van der Waals surface area contributed by atoms with Gasteiger partial charge >= 0.3 is 6.09 Å². The number of amides is 1. The van der Waals surface area contributed by atoms with Gasteiger partial charge in [-0.3, -0.25) is 0 Å². The molecule has 0 atom stereocenters. The Morgan fingerprint density at radius 2 is 1.61 bits per heavy atom. The van der Waals surface area contributed by atoms with Gasteiger partial charge in [-0.25, -0.2) is 4.79 Å². The molecule has 0 unspecified atom stereocenters. The highest BCUT2D eigenvalue weighted by Gasteiger charge is 2.24. The van der Waals surface area contributed by atoms with E-state index < -0.39 is 17.3 Å². The van der Waals surface area contributed by atoms with Gasteiger partial charge in [-0.05, 0) is 48.5 Å². The van der Waals surface area contributed by atoms with E-state index >= 15 is 0 Å². The van der Waals surface area contributed by atoms with Crippen molar-refractivity contribution >= 4 is 18.7 Å². The van der Waals surface area contributed by atoms with Crippen LogP contribution in [0.15, 0.2) is 0 Å². The maximum atomic E-state index is 11.5. The Bertz CT molecular complexity index is 277. The van der Waals surface area contributed by atoms with Crippen molar-refractivity contribution in [3.63, 3.8) is 0 Å². The van der Waals surface area contributed by atoms with E-state index in [1.807, 2.05) is 48.5 Å². The van der Waals surface area contributed by atoms with E-state index in [9.17, 15) is 4.79 Å².